The molecule has 0 spiro atoms. The number of pyridine rings is 1. The van der Waals surface area contributed by atoms with Crippen LogP contribution >= 0.6 is 0 Å². The normalized spacial score (nSPS) is 14.8. The average molecular weight is 376 g/mol. The van der Waals surface area contributed by atoms with Gasteiger partial charge in [-0.25, -0.2) is 9.98 Å². The molecule has 0 aliphatic carbocycles. The van der Waals surface area contributed by atoms with Crippen LogP contribution in [0.15, 0.2) is 29.3 Å². The third-order valence-corrected chi connectivity index (χ3v) is 4.24. The van der Waals surface area contributed by atoms with Crippen LogP contribution in [0.25, 0.3) is 0 Å². The van der Waals surface area contributed by atoms with E-state index in [9.17, 15) is 5.26 Å². The molecule has 9 heteroatoms. The Kier molecular flexibility index (Phi) is 5.58. The molecule has 1 atom stereocenters. The van der Waals surface area contributed by atoms with Gasteiger partial charge in [0.25, 0.3) is 0 Å². The minimum Gasteiger partial charge on any atom is -0.397 e. The number of anilines is 3. The van der Waals surface area contributed by atoms with Crippen molar-refractivity contribution in [2.45, 2.75) is 26.0 Å². The molecular weight excluding hydrogens is 356 g/mol. The molecule has 28 heavy (non-hydrogen) atoms. The number of nitriles is 2. The lowest BCUT2D eigenvalue weighted by molar-refractivity contribution is 0.121. The summed E-state index contributed by atoms with van der Waals surface area (Å²) in [5.74, 6) is 0.605. The predicted octanol–water partition coefficient (Wildman–Crippen LogP) is 1.99. The van der Waals surface area contributed by atoms with Crippen LogP contribution in [0.5, 0.6) is 0 Å². The quantitative estimate of drug-likeness (QED) is 0.350. The first-order valence-corrected chi connectivity index (χ1v) is 8.74. The van der Waals surface area contributed by atoms with Gasteiger partial charge in [-0.15, -0.1) is 0 Å². The number of hydrogen-bond donors (Lipinski definition) is 4. The average Bonchev–Trinajstić information content (AvgIpc) is 2.68. The van der Waals surface area contributed by atoms with Crippen molar-refractivity contribution < 1.29 is 4.74 Å². The van der Waals surface area contributed by atoms with Gasteiger partial charge in [0.2, 0.25) is 5.96 Å². The van der Waals surface area contributed by atoms with Crippen molar-refractivity contribution in [1.29, 1.82) is 10.5 Å². The Morgan fingerprint density at radius 1 is 1.32 bits per heavy atom. The molecule has 2 heterocycles. The van der Waals surface area contributed by atoms with Crippen LogP contribution in [0.1, 0.15) is 41.6 Å². The number of rotatable bonds is 5. The van der Waals surface area contributed by atoms with Gasteiger partial charge >= 0.3 is 0 Å². The summed E-state index contributed by atoms with van der Waals surface area (Å²) in [6.07, 6.45) is 2.77. The maximum absolute atomic E-state index is 9.38. The smallest absolute Gasteiger partial charge is 0.211 e. The van der Waals surface area contributed by atoms with E-state index in [-0.39, 0.29) is 23.0 Å². The lowest BCUT2D eigenvalue weighted by Gasteiger charge is -2.26. The maximum atomic E-state index is 9.38. The van der Waals surface area contributed by atoms with Crippen molar-refractivity contribution in [3.8, 4) is 12.3 Å². The van der Waals surface area contributed by atoms with E-state index in [0.717, 1.165) is 17.5 Å². The van der Waals surface area contributed by atoms with Crippen LogP contribution in [0.4, 0.5) is 17.3 Å². The summed E-state index contributed by atoms with van der Waals surface area (Å²) in [5.41, 5.74) is 14.8. The highest BCUT2D eigenvalue weighted by Crippen LogP contribution is 2.40. The minimum absolute atomic E-state index is 0.0184. The van der Waals surface area contributed by atoms with Crippen molar-refractivity contribution in [3.05, 3.63) is 46.5 Å². The Hall–Kier alpha value is -3.82. The van der Waals surface area contributed by atoms with Crippen molar-refractivity contribution in [3.63, 3.8) is 0 Å². The van der Waals surface area contributed by atoms with E-state index in [4.69, 9.17) is 21.5 Å². The Morgan fingerprint density at radius 3 is 2.86 bits per heavy atom. The first kappa shape index (κ1) is 19.0. The number of ether oxygens (including phenoxy) is 1. The number of fused-ring (bicyclic) bond motifs is 1. The summed E-state index contributed by atoms with van der Waals surface area (Å²) in [7, 11) is 0. The summed E-state index contributed by atoms with van der Waals surface area (Å²) >= 11 is 0. The van der Waals surface area contributed by atoms with E-state index in [0.29, 0.717) is 24.6 Å². The molecule has 1 unspecified atom stereocenters. The number of aromatic nitrogens is 1. The fraction of sp³-hybridized carbons (Fsp3) is 0.263. The second-order valence-electron chi connectivity index (χ2n) is 6.20. The van der Waals surface area contributed by atoms with E-state index in [2.05, 4.69) is 27.5 Å². The lowest BCUT2D eigenvalue weighted by Crippen LogP contribution is -2.32. The van der Waals surface area contributed by atoms with E-state index in [1.54, 1.807) is 0 Å². The number of guanidine groups is 1. The van der Waals surface area contributed by atoms with Gasteiger partial charge in [0.05, 0.1) is 12.3 Å². The third-order valence-electron chi connectivity index (χ3n) is 4.24. The Bertz CT molecular complexity index is 1000. The van der Waals surface area contributed by atoms with Crippen LogP contribution < -0.4 is 22.1 Å². The highest BCUT2D eigenvalue weighted by Gasteiger charge is 2.29. The first-order valence-electron chi connectivity index (χ1n) is 8.74. The number of hydrogen-bond acceptors (Lipinski definition) is 9. The molecule has 1 aliphatic heterocycles. The summed E-state index contributed by atoms with van der Waals surface area (Å²) in [6, 6.07) is 9.16. The van der Waals surface area contributed by atoms with Gasteiger partial charge in [0.15, 0.2) is 6.19 Å². The van der Waals surface area contributed by atoms with Crippen LogP contribution in [-0.2, 0) is 11.3 Å². The molecule has 1 aliphatic rings. The topological polar surface area (TPSA) is 158 Å². The largest absolute Gasteiger partial charge is 0.397 e. The zero-order chi connectivity index (χ0) is 20.1. The Labute approximate surface area is 162 Å². The number of benzene rings is 1. The highest BCUT2D eigenvalue weighted by atomic mass is 16.5. The summed E-state index contributed by atoms with van der Waals surface area (Å²) in [4.78, 5) is 8.79. The van der Waals surface area contributed by atoms with Gasteiger partial charge < -0.3 is 21.5 Å². The summed E-state index contributed by atoms with van der Waals surface area (Å²) in [6.45, 7) is 3.21. The predicted molar refractivity (Wildman–Crippen MR) is 106 cm³/mol. The molecule has 6 N–H and O–H groups in total. The van der Waals surface area contributed by atoms with Gasteiger partial charge in [-0.2, -0.15) is 10.5 Å². The summed E-state index contributed by atoms with van der Waals surface area (Å²) < 4.78 is 5.62. The zero-order valence-electron chi connectivity index (χ0n) is 15.4. The van der Waals surface area contributed by atoms with Crippen LogP contribution in [-0.4, -0.2) is 17.6 Å². The molecule has 0 saturated heterocycles. The molecule has 2 aromatic rings. The second kappa shape index (κ2) is 8.25. The monoisotopic (exact) mass is 376 g/mol. The van der Waals surface area contributed by atoms with E-state index >= 15 is 0 Å². The van der Waals surface area contributed by atoms with Crippen molar-refractivity contribution >= 4 is 23.3 Å². The molecule has 0 radical (unpaired) electrons. The summed E-state index contributed by atoms with van der Waals surface area (Å²) in [5, 5.41) is 23.7. The molecular formula is C19H20N8O. The van der Waals surface area contributed by atoms with E-state index in [1.807, 2.05) is 36.5 Å². The number of nitrogens with zero attached hydrogens (tertiary/aromatic N) is 4. The Morgan fingerprint density at radius 2 is 2.14 bits per heavy atom. The van der Waals surface area contributed by atoms with Crippen molar-refractivity contribution in [2.24, 2.45) is 4.99 Å². The van der Waals surface area contributed by atoms with Gasteiger partial charge in [-0.1, -0.05) is 31.2 Å². The molecule has 0 amide bonds. The first-order chi connectivity index (χ1) is 13.6. The molecule has 1 aromatic carbocycles. The second-order valence-corrected chi connectivity index (χ2v) is 6.20. The van der Waals surface area contributed by atoms with Gasteiger partial charge in [0, 0.05) is 12.2 Å². The number of nitrogens with one attached hydrogen (secondary N) is 2. The highest BCUT2D eigenvalue weighted by molar-refractivity contribution is 5.98. The molecule has 1 aromatic heterocycles. The van der Waals surface area contributed by atoms with E-state index < -0.39 is 6.04 Å². The molecule has 142 valence electrons. The fourth-order valence-electron chi connectivity index (χ4n) is 3.01. The minimum atomic E-state index is -0.557. The fourth-order valence-corrected chi connectivity index (χ4v) is 3.01. The lowest BCUT2D eigenvalue weighted by atomic mass is 9.94. The number of nitrogens with two attached hydrogens (primary N) is 2. The third kappa shape index (κ3) is 3.65. The van der Waals surface area contributed by atoms with Gasteiger partial charge in [-0.3, -0.25) is 5.32 Å². The van der Waals surface area contributed by atoms with Crippen molar-refractivity contribution in [1.82, 2.24) is 10.3 Å². The van der Waals surface area contributed by atoms with Crippen LogP contribution in [0, 0.1) is 22.8 Å². The number of aliphatic imine (C=N–C) groups is 1. The molecule has 0 saturated carbocycles. The van der Waals surface area contributed by atoms with Gasteiger partial charge in [0.1, 0.15) is 29.3 Å². The Balaban J connectivity index is 2.09. The molecule has 3 rings (SSSR count). The van der Waals surface area contributed by atoms with E-state index in [1.165, 1.54) is 0 Å². The van der Waals surface area contributed by atoms with Crippen LogP contribution in [0.3, 0.4) is 0 Å². The SMILES string of the molecule is CCCOCc1cccc(C2N=C(NC#N)Nc3nc(N)c(C#N)c(N)c32)c1. The maximum Gasteiger partial charge on any atom is 0.211 e. The van der Waals surface area contributed by atoms with Crippen LogP contribution in [0.2, 0.25) is 0 Å². The zero-order valence-corrected chi connectivity index (χ0v) is 15.4. The molecule has 9 nitrogen and oxygen atoms in total. The molecule has 0 fully saturated rings. The number of nitrogen functional groups attached to an aromatic ring is 2. The standard InChI is InChI=1S/C19H20N8O/c1-2-6-28-9-11-4-3-5-12(7-11)16-14-15(22)13(8-20)17(23)26-18(14)27-19(25-16)24-10-21/h3-5,7,16H,2,6,9H2,1H3,(H6,22,23,24,25,26,27). The molecule has 0 bridgehead atoms. The van der Waals surface area contributed by atoms with Crippen molar-refractivity contribution in [2.75, 3.05) is 23.4 Å². The van der Waals surface area contributed by atoms with Gasteiger partial charge in [-0.05, 0) is 17.5 Å².